The molecular formula is C15H17Cl2NO5. The lowest BCUT2D eigenvalue weighted by molar-refractivity contribution is -0.138. The molecular weight excluding hydrogens is 345 g/mol. The minimum absolute atomic E-state index is 0.104. The van der Waals surface area contributed by atoms with Crippen LogP contribution in [0.15, 0.2) is 23.9 Å². The van der Waals surface area contributed by atoms with E-state index in [0.717, 1.165) is 6.08 Å². The highest BCUT2D eigenvalue weighted by molar-refractivity contribution is 6.37. The Morgan fingerprint density at radius 3 is 2.30 bits per heavy atom. The number of anilines is 1. The lowest BCUT2D eigenvalue weighted by atomic mass is 10.2. The number of rotatable bonds is 6. The number of hydrogen-bond donors (Lipinski definition) is 1. The van der Waals surface area contributed by atoms with Crippen LogP contribution in [-0.2, 0) is 19.1 Å². The number of benzene rings is 1. The average molecular weight is 362 g/mol. The summed E-state index contributed by atoms with van der Waals surface area (Å²) in [4.78, 5) is 23.1. The Hall–Kier alpha value is -1.92. The van der Waals surface area contributed by atoms with Gasteiger partial charge in [-0.25, -0.2) is 9.59 Å². The Balaban J connectivity index is 3.20. The second-order valence-corrected chi connectivity index (χ2v) is 5.44. The van der Waals surface area contributed by atoms with E-state index in [1.165, 1.54) is 26.4 Å². The Morgan fingerprint density at radius 2 is 1.78 bits per heavy atom. The number of carbonyl (C=O) groups is 2. The Kier molecular flexibility index (Phi) is 7.19. The molecule has 1 N–H and O–H groups in total. The molecule has 0 heterocycles. The molecule has 1 aromatic rings. The lowest BCUT2D eigenvalue weighted by Gasteiger charge is -2.15. The maximum Gasteiger partial charge on any atom is 0.354 e. The molecule has 0 saturated carbocycles. The van der Waals surface area contributed by atoms with Gasteiger partial charge in [-0.15, -0.1) is 0 Å². The highest BCUT2D eigenvalue weighted by Crippen LogP contribution is 2.35. The third-order valence-corrected chi connectivity index (χ3v) is 3.13. The van der Waals surface area contributed by atoms with Crippen molar-refractivity contribution in [2.24, 2.45) is 0 Å². The summed E-state index contributed by atoms with van der Waals surface area (Å²) < 4.78 is 14.7. The quantitative estimate of drug-likeness (QED) is 0.618. The largest absolute Gasteiger partial charge is 0.489 e. The average Bonchev–Trinajstić information content (AvgIpc) is 2.49. The fourth-order valence-electron chi connectivity index (χ4n) is 1.55. The lowest BCUT2D eigenvalue weighted by Crippen LogP contribution is -2.16. The zero-order valence-corrected chi connectivity index (χ0v) is 14.6. The van der Waals surface area contributed by atoms with Gasteiger partial charge in [-0.05, 0) is 19.9 Å². The van der Waals surface area contributed by atoms with Crippen molar-refractivity contribution in [2.45, 2.75) is 20.0 Å². The third kappa shape index (κ3) is 5.65. The van der Waals surface area contributed by atoms with Crippen LogP contribution in [0, 0.1) is 0 Å². The summed E-state index contributed by atoms with van der Waals surface area (Å²) in [6.45, 7) is 3.68. The molecule has 8 heteroatoms. The molecule has 23 heavy (non-hydrogen) atoms. The molecule has 0 radical (unpaired) electrons. The normalized spacial score (nSPS) is 11.2. The maximum absolute atomic E-state index is 11.7. The van der Waals surface area contributed by atoms with Crippen LogP contribution in [-0.4, -0.2) is 32.3 Å². The van der Waals surface area contributed by atoms with E-state index in [4.69, 9.17) is 27.9 Å². The number of hydrogen-bond acceptors (Lipinski definition) is 6. The molecule has 0 fully saturated rings. The van der Waals surface area contributed by atoms with Crippen LogP contribution in [0.2, 0.25) is 10.0 Å². The van der Waals surface area contributed by atoms with Crippen molar-refractivity contribution in [3.8, 4) is 5.75 Å². The maximum atomic E-state index is 11.7. The van der Waals surface area contributed by atoms with Crippen LogP contribution in [0.4, 0.5) is 5.69 Å². The molecule has 0 atom stereocenters. The molecule has 1 rings (SSSR count). The molecule has 0 aliphatic heterocycles. The molecule has 0 saturated heterocycles. The van der Waals surface area contributed by atoms with Crippen molar-refractivity contribution in [3.05, 3.63) is 34.0 Å². The Morgan fingerprint density at radius 1 is 1.13 bits per heavy atom. The first-order valence-corrected chi connectivity index (χ1v) is 7.34. The third-order valence-electron chi connectivity index (χ3n) is 2.52. The van der Waals surface area contributed by atoms with E-state index < -0.39 is 11.9 Å². The predicted molar refractivity (Wildman–Crippen MR) is 88.0 cm³/mol. The van der Waals surface area contributed by atoms with E-state index in [-0.39, 0.29) is 16.8 Å². The highest BCUT2D eigenvalue weighted by Gasteiger charge is 2.16. The molecule has 6 nitrogen and oxygen atoms in total. The summed E-state index contributed by atoms with van der Waals surface area (Å²) in [6.07, 6.45) is 0.854. The van der Waals surface area contributed by atoms with Gasteiger partial charge in [-0.3, -0.25) is 0 Å². The monoisotopic (exact) mass is 361 g/mol. The molecule has 0 unspecified atom stereocenters. The van der Waals surface area contributed by atoms with Crippen molar-refractivity contribution >= 4 is 40.8 Å². The van der Waals surface area contributed by atoms with E-state index in [1.54, 1.807) is 0 Å². The molecule has 0 aromatic heterocycles. The fraction of sp³-hybridized carbons (Fsp3) is 0.333. The van der Waals surface area contributed by atoms with Crippen molar-refractivity contribution < 1.29 is 23.8 Å². The van der Waals surface area contributed by atoms with Crippen molar-refractivity contribution in [2.75, 3.05) is 19.5 Å². The number of esters is 2. The summed E-state index contributed by atoms with van der Waals surface area (Å²) in [6, 6.07) is 2.99. The first-order chi connectivity index (χ1) is 10.8. The second kappa shape index (κ2) is 8.64. The predicted octanol–water partition coefficient (Wildman–Crippen LogP) is 3.42. The van der Waals surface area contributed by atoms with Gasteiger partial charge in [0.2, 0.25) is 0 Å². The van der Waals surface area contributed by atoms with E-state index in [9.17, 15) is 9.59 Å². The van der Waals surface area contributed by atoms with Gasteiger partial charge in [-0.2, -0.15) is 0 Å². The zero-order chi connectivity index (χ0) is 17.6. The van der Waals surface area contributed by atoms with Gasteiger partial charge >= 0.3 is 11.9 Å². The summed E-state index contributed by atoms with van der Waals surface area (Å²) in [5.74, 6) is -1.09. The molecule has 0 spiro atoms. The van der Waals surface area contributed by atoms with E-state index in [2.05, 4.69) is 14.8 Å². The van der Waals surface area contributed by atoms with Gasteiger partial charge in [0.1, 0.15) is 11.4 Å². The Labute approximate surface area is 144 Å². The molecule has 0 aliphatic carbocycles. The first kappa shape index (κ1) is 19.1. The Bertz CT molecular complexity index is 629. The molecule has 0 amide bonds. The minimum Gasteiger partial charge on any atom is -0.489 e. The number of carbonyl (C=O) groups excluding carboxylic acids is 2. The minimum atomic E-state index is -0.757. The number of methoxy groups -OCH3 is 2. The van der Waals surface area contributed by atoms with Crippen LogP contribution in [0.3, 0.4) is 0 Å². The van der Waals surface area contributed by atoms with Gasteiger partial charge in [0.25, 0.3) is 0 Å². The summed E-state index contributed by atoms with van der Waals surface area (Å²) >= 11 is 12.2. The van der Waals surface area contributed by atoms with Gasteiger partial charge in [0, 0.05) is 6.07 Å². The number of nitrogens with one attached hydrogen (secondary N) is 1. The zero-order valence-electron chi connectivity index (χ0n) is 13.1. The molecule has 0 aliphatic rings. The summed E-state index contributed by atoms with van der Waals surface area (Å²) in [5.41, 5.74) is 0.186. The van der Waals surface area contributed by atoms with Gasteiger partial charge in [0.05, 0.1) is 42.1 Å². The van der Waals surface area contributed by atoms with E-state index in [0.29, 0.717) is 16.5 Å². The topological polar surface area (TPSA) is 73.9 Å². The van der Waals surface area contributed by atoms with E-state index in [1.807, 2.05) is 13.8 Å². The summed E-state index contributed by atoms with van der Waals surface area (Å²) in [7, 11) is 2.38. The van der Waals surface area contributed by atoms with Crippen molar-refractivity contribution in [3.63, 3.8) is 0 Å². The van der Waals surface area contributed by atoms with Gasteiger partial charge in [0.15, 0.2) is 0 Å². The van der Waals surface area contributed by atoms with Gasteiger partial charge < -0.3 is 19.5 Å². The SMILES string of the molecule is COC(=O)/C=C(/Nc1cc(OC(C)C)c(Cl)cc1Cl)C(=O)OC. The smallest absolute Gasteiger partial charge is 0.354 e. The van der Waals surface area contributed by atoms with Crippen LogP contribution in [0.25, 0.3) is 0 Å². The molecule has 1 aromatic carbocycles. The van der Waals surface area contributed by atoms with Crippen LogP contribution in [0.5, 0.6) is 5.75 Å². The number of ether oxygens (including phenoxy) is 3. The second-order valence-electron chi connectivity index (χ2n) is 4.63. The van der Waals surface area contributed by atoms with Gasteiger partial charge in [-0.1, -0.05) is 23.2 Å². The number of halogens is 2. The van der Waals surface area contributed by atoms with Crippen molar-refractivity contribution in [1.82, 2.24) is 0 Å². The van der Waals surface area contributed by atoms with E-state index >= 15 is 0 Å². The summed E-state index contributed by atoms with van der Waals surface area (Å²) in [5, 5.41) is 3.29. The fourth-order valence-corrected chi connectivity index (χ4v) is 2.02. The highest BCUT2D eigenvalue weighted by atomic mass is 35.5. The molecule has 126 valence electrons. The van der Waals surface area contributed by atoms with Crippen LogP contribution >= 0.6 is 23.2 Å². The molecule has 0 bridgehead atoms. The van der Waals surface area contributed by atoms with Crippen LogP contribution < -0.4 is 10.1 Å². The first-order valence-electron chi connectivity index (χ1n) is 6.59. The van der Waals surface area contributed by atoms with Crippen LogP contribution in [0.1, 0.15) is 13.8 Å². The standard InChI is InChI=1S/C15H17Cl2NO5/c1-8(2)23-13-6-11(9(16)5-10(13)17)18-12(15(20)22-4)7-14(19)21-3/h5-8,18H,1-4H3/b12-7+. The van der Waals surface area contributed by atoms with Crippen molar-refractivity contribution in [1.29, 1.82) is 0 Å².